The highest BCUT2D eigenvalue weighted by Crippen LogP contribution is 2.41. The molecule has 2 rings (SSSR count). The Bertz CT molecular complexity index is 461. The highest BCUT2D eigenvalue weighted by Gasteiger charge is 2.42. The van der Waals surface area contributed by atoms with E-state index in [1.165, 1.54) is 7.11 Å². The number of benzene rings is 1. The lowest BCUT2D eigenvalue weighted by molar-refractivity contribution is -0.158. The Balaban J connectivity index is 2.38. The summed E-state index contributed by atoms with van der Waals surface area (Å²) in [6.45, 7) is 0. The average molecular weight is 311 g/mol. The van der Waals surface area contributed by atoms with Crippen molar-refractivity contribution in [1.29, 1.82) is 0 Å². The van der Waals surface area contributed by atoms with Crippen LogP contribution in [0.5, 0.6) is 0 Å². The Labute approximate surface area is 119 Å². The lowest BCUT2D eigenvalue weighted by atomic mass is 10.1. The third-order valence-electron chi connectivity index (χ3n) is 2.51. The Kier molecular flexibility index (Phi) is 3.92. The molecule has 1 heterocycles. The highest BCUT2D eigenvalue weighted by molar-refractivity contribution is 6.68. The van der Waals surface area contributed by atoms with Crippen molar-refractivity contribution in [1.82, 2.24) is 0 Å². The van der Waals surface area contributed by atoms with Gasteiger partial charge < -0.3 is 14.8 Å². The third kappa shape index (κ3) is 2.67. The number of hydrogen-bond donors (Lipinski definition) is 1. The summed E-state index contributed by atoms with van der Waals surface area (Å²) in [6, 6.07) is 7.12. The van der Waals surface area contributed by atoms with E-state index in [1.54, 1.807) is 24.3 Å². The van der Waals surface area contributed by atoms with Crippen LogP contribution in [-0.4, -0.2) is 23.1 Å². The Morgan fingerprint density at radius 3 is 2.67 bits per heavy atom. The first-order chi connectivity index (χ1) is 8.43. The molecule has 1 N–H and O–H groups in total. The Morgan fingerprint density at radius 1 is 1.39 bits per heavy atom. The summed E-state index contributed by atoms with van der Waals surface area (Å²) >= 11 is 17.3. The van der Waals surface area contributed by atoms with E-state index in [0.29, 0.717) is 11.3 Å². The molecule has 0 aromatic heterocycles. The van der Waals surface area contributed by atoms with E-state index in [2.05, 4.69) is 10.1 Å². The molecular weight excluding hydrogens is 300 g/mol. The van der Waals surface area contributed by atoms with Gasteiger partial charge in [-0.3, -0.25) is 0 Å². The second kappa shape index (κ2) is 5.13. The zero-order valence-corrected chi connectivity index (χ0v) is 11.6. The molecule has 0 aliphatic carbocycles. The predicted molar refractivity (Wildman–Crippen MR) is 70.0 cm³/mol. The lowest BCUT2D eigenvalue weighted by Gasteiger charge is -2.35. The molecule has 4 nitrogen and oxygen atoms in total. The van der Waals surface area contributed by atoms with Crippen LogP contribution in [0.15, 0.2) is 24.3 Å². The topological polar surface area (TPSA) is 47.6 Å². The number of rotatable bonds is 1. The van der Waals surface area contributed by atoms with E-state index in [-0.39, 0.29) is 0 Å². The summed E-state index contributed by atoms with van der Waals surface area (Å²) in [5.41, 5.74) is 1.32. The molecule has 2 atom stereocenters. The number of halogens is 3. The molecule has 1 aromatic carbocycles. The fourth-order valence-corrected chi connectivity index (χ4v) is 2.01. The van der Waals surface area contributed by atoms with Crippen LogP contribution in [0.25, 0.3) is 0 Å². The van der Waals surface area contributed by atoms with Crippen molar-refractivity contribution in [3.05, 3.63) is 29.8 Å². The average Bonchev–Trinajstić information content (AvgIpc) is 2.35. The van der Waals surface area contributed by atoms with Crippen molar-refractivity contribution in [3.63, 3.8) is 0 Å². The number of ether oxygens (including phenoxy) is 2. The van der Waals surface area contributed by atoms with Gasteiger partial charge in [-0.25, -0.2) is 4.79 Å². The number of alkyl halides is 3. The normalized spacial score (nSPS) is 22.9. The number of anilines is 1. The van der Waals surface area contributed by atoms with Crippen molar-refractivity contribution in [2.45, 2.75) is 16.1 Å². The number of carbonyl (C=O) groups is 1. The molecule has 0 fully saturated rings. The van der Waals surface area contributed by atoms with E-state index in [0.717, 1.165) is 0 Å². The predicted octanol–water partition coefficient (Wildman–Crippen LogP) is 3.04. The summed E-state index contributed by atoms with van der Waals surface area (Å²) < 4.78 is 8.44. The van der Waals surface area contributed by atoms with Crippen molar-refractivity contribution in [2.24, 2.45) is 0 Å². The number of carbonyl (C=O) groups excluding carboxylic acids is 1. The van der Waals surface area contributed by atoms with E-state index in [9.17, 15) is 4.79 Å². The molecule has 0 bridgehead atoms. The quantitative estimate of drug-likeness (QED) is 0.640. The van der Waals surface area contributed by atoms with Gasteiger partial charge in [-0.2, -0.15) is 0 Å². The van der Waals surface area contributed by atoms with Gasteiger partial charge in [-0.1, -0.05) is 53.0 Å². The minimum atomic E-state index is -1.69. The zero-order valence-electron chi connectivity index (χ0n) is 9.32. The van der Waals surface area contributed by atoms with E-state index < -0.39 is 22.1 Å². The van der Waals surface area contributed by atoms with Crippen molar-refractivity contribution < 1.29 is 14.3 Å². The van der Waals surface area contributed by atoms with Gasteiger partial charge in [-0.15, -0.1) is 0 Å². The standard InChI is InChI=1S/C11H10Cl3NO3/c1-17-9(16)8-6-4-2-3-5-7(6)15-10(18-8)11(12,13)14/h2-5,8,10,15H,1H3. The highest BCUT2D eigenvalue weighted by atomic mass is 35.6. The van der Waals surface area contributed by atoms with Crippen LogP contribution in [0, 0.1) is 0 Å². The second-order valence-electron chi connectivity index (χ2n) is 3.69. The number of para-hydroxylation sites is 1. The van der Waals surface area contributed by atoms with Crippen LogP contribution in [0.4, 0.5) is 5.69 Å². The maximum absolute atomic E-state index is 11.7. The molecule has 0 spiro atoms. The first kappa shape index (κ1) is 13.7. The van der Waals surface area contributed by atoms with Crippen LogP contribution in [0.1, 0.15) is 11.7 Å². The monoisotopic (exact) mass is 309 g/mol. The number of fused-ring (bicyclic) bond motifs is 1. The van der Waals surface area contributed by atoms with Crippen LogP contribution in [0.3, 0.4) is 0 Å². The molecule has 1 aliphatic rings. The third-order valence-corrected chi connectivity index (χ3v) is 3.11. The minimum Gasteiger partial charge on any atom is -0.467 e. The van der Waals surface area contributed by atoms with Gasteiger partial charge in [-0.05, 0) is 6.07 Å². The molecule has 0 saturated heterocycles. The largest absolute Gasteiger partial charge is 0.467 e. The zero-order chi connectivity index (χ0) is 13.3. The van der Waals surface area contributed by atoms with Crippen LogP contribution < -0.4 is 5.32 Å². The van der Waals surface area contributed by atoms with Gasteiger partial charge in [0, 0.05) is 11.3 Å². The van der Waals surface area contributed by atoms with Crippen molar-refractivity contribution in [3.8, 4) is 0 Å². The molecule has 7 heteroatoms. The smallest absolute Gasteiger partial charge is 0.339 e. The minimum absolute atomic E-state index is 0.539. The molecule has 98 valence electrons. The number of nitrogens with one attached hydrogen (secondary N) is 1. The first-order valence-corrected chi connectivity index (χ1v) is 6.22. The summed E-state index contributed by atoms with van der Waals surface area (Å²) in [5, 5.41) is 2.92. The fourth-order valence-electron chi connectivity index (χ4n) is 1.69. The van der Waals surface area contributed by atoms with Crippen LogP contribution >= 0.6 is 34.8 Å². The number of hydrogen-bond acceptors (Lipinski definition) is 4. The summed E-state index contributed by atoms with van der Waals surface area (Å²) in [6.07, 6.45) is -1.84. The molecule has 2 unspecified atom stereocenters. The maximum atomic E-state index is 11.7. The van der Waals surface area contributed by atoms with Gasteiger partial charge in [0.25, 0.3) is 0 Å². The van der Waals surface area contributed by atoms with Crippen molar-refractivity contribution >= 4 is 46.5 Å². The van der Waals surface area contributed by atoms with Crippen molar-refractivity contribution in [2.75, 3.05) is 12.4 Å². The number of methoxy groups -OCH3 is 1. The first-order valence-electron chi connectivity index (χ1n) is 5.09. The molecule has 0 saturated carbocycles. The second-order valence-corrected chi connectivity index (χ2v) is 6.06. The molecule has 0 amide bonds. The van der Waals surface area contributed by atoms with Crippen LogP contribution in [-0.2, 0) is 14.3 Å². The SMILES string of the molecule is COC(=O)C1OC(C(Cl)(Cl)Cl)Nc2ccccc21. The Morgan fingerprint density at radius 2 is 2.06 bits per heavy atom. The molecule has 0 radical (unpaired) electrons. The summed E-state index contributed by atoms with van der Waals surface area (Å²) in [4.78, 5) is 11.7. The van der Waals surface area contributed by atoms with Gasteiger partial charge in [0.2, 0.25) is 3.79 Å². The molecule has 1 aromatic rings. The molecule has 18 heavy (non-hydrogen) atoms. The lowest BCUT2D eigenvalue weighted by Crippen LogP contribution is -2.42. The number of esters is 1. The summed E-state index contributed by atoms with van der Waals surface area (Å²) in [5.74, 6) is -0.539. The Hall–Kier alpha value is -0.680. The summed E-state index contributed by atoms with van der Waals surface area (Å²) in [7, 11) is 1.28. The molecular formula is C11H10Cl3NO3. The fraction of sp³-hybridized carbons (Fsp3) is 0.364. The molecule has 1 aliphatic heterocycles. The van der Waals surface area contributed by atoms with Crippen LogP contribution in [0.2, 0.25) is 0 Å². The van der Waals surface area contributed by atoms with E-state index in [4.69, 9.17) is 39.5 Å². The van der Waals surface area contributed by atoms with E-state index >= 15 is 0 Å². The van der Waals surface area contributed by atoms with Gasteiger partial charge in [0.05, 0.1) is 7.11 Å². The van der Waals surface area contributed by atoms with Gasteiger partial charge in [0.15, 0.2) is 12.3 Å². The van der Waals surface area contributed by atoms with Gasteiger partial charge >= 0.3 is 5.97 Å². The maximum Gasteiger partial charge on any atom is 0.339 e. The van der Waals surface area contributed by atoms with E-state index in [1.807, 2.05) is 0 Å². The van der Waals surface area contributed by atoms with Gasteiger partial charge in [0.1, 0.15) is 0 Å².